The van der Waals surface area contributed by atoms with Gasteiger partial charge in [0.25, 0.3) is 0 Å². The van der Waals surface area contributed by atoms with Crippen LogP contribution >= 0.6 is 0 Å². The molecule has 0 amide bonds. The van der Waals surface area contributed by atoms with Crippen molar-refractivity contribution >= 4 is 10.0 Å². The standard InChI is InChI=1S/C17H21N3O4S/c1-12-7-13-8-15(3-4-16(13)24-12)25(21,22)20-5-6-23-17(11-20)14-9-18-19(2)10-14/h3-4,8-10,12,17H,5-7,11H2,1-2H3/t12-,17-/m0/s1. The van der Waals surface area contributed by atoms with Crippen molar-refractivity contribution in [3.05, 3.63) is 41.7 Å². The van der Waals surface area contributed by atoms with Gasteiger partial charge in [-0.1, -0.05) is 0 Å². The molecule has 0 radical (unpaired) electrons. The molecule has 0 unspecified atom stereocenters. The van der Waals surface area contributed by atoms with Gasteiger partial charge in [-0.05, 0) is 30.7 Å². The van der Waals surface area contributed by atoms with Crippen LogP contribution < -0.4 is 4.74 Å². The van der Waals surface area contributed by atoms with Gasteiger partial charge in [0.1, 0.15) is 11.9 Å². The molecule has 134 valence electrons. The Labute approximate surface area is 147 Å². The summed E-state index contributed by atoms with van der Waals surface area (Å²) in [5, 5.41) is 4.14. The van der Waals surface area contributed by atoms with Crippen LogP contribution in [-0.4, -0.2) is 48.3 Å². The van der Waals surface area contributed by atoms with E-state index in [0.717, 1.165) is 23.3 Å². The molecule has 0 bridgehead atoms. The number of aromatic nitrogens is 2. The maximum absolute atomic E-state index is 13.1. The average Bonchev–Trinajstić information content (AvgIpc) is 3.18. The molecule has 8 heteroatoms. The molecular formula is C17H21N3O4S. The molecule has 2 aliphatic rings. The zero-order valence-electron chi connectivity index (χ0n) is 14.3. The van der Waals surface area contributed by atoms with Gasteiger partial charge in [-0.25, -0.2) is 8.42 Å². The molecule has 2 aliphatic heterocycles. The molecule has 0 N–H and O–H groups in total. The lowest BCUT2D eigenvalue weighted by molar-refractivity contribution is -0.00259. The molecule has 0 saturated carbocycles. The van der Waals surface area contributed by atoms with Gasteiger partial charge in [0.05, 0.1) is 23.8 Å². The van der Waals surface area contributed by atoms with E-state index in [0.29, 0.717) is 18.0 Å². The smallest absolute Gasteiger partial charge is 0.243 e. The Morgan fingerprint density at radius 3 is 2.92 bits per heavy atom. The minimum Gasteiger partial charge on any atom is -0.490 e. The van der Waals surface area contributed by atoms with Gasteiger partial charge in [0.15, 0.2) is 0 Å². The Hall–Kier alpha value is -1.90. The number of hydrogen-bond acceptors (Lipinski definition) is 5. The van der Waals surface area contributed by atoms with E-state index in [4.69, 9.17) is 9.47 Å². The minimum atomic E-state index is -3.56. The SMILES string of the molecule is C[C@H]1Cc2cc(S(=O)(=O)N3CCO[C@H](c4cnn(C)c4)C3)ccc2O1. The molecule has 1 aromatic carbocycles. The third-order valence-electron chi connectivity index (χ3n) is 4.63. The summed E-state index contributed by atoms with van der Waals surface area (Å²) in [5.74, 6) is 0.779. The van der Waals surface area contributed by atoms with Gasteiger partial charge < -0.3 is 9.47 Å². The summed E-state index contributed by atoms with van der Waals surface area (Å²) in [5.41, 5.74) is 1.84. The fraction of sp³-hybridized carbons (Fsp3) is 0.471. The quantitative estimate of drug-likeness (QED) is 0.826. The van der Waals surface area contributed by atoms with Gasteiger partial charge in [0, 0.05) is 38.3 Å². The monoisotopic (exact) mass is 363 g/mol. The summed E-state index contributed by atoms with van der Waals surface area (Å²) < 4.78 is 40.7. The lowest BCUT2D eigenvalue weighted by Gasteiger charge is -2.31. The van der Waals surface area contributed by atoms with Crippen molar-refractivity contribution in [1.82, 2.24) is 14.1 Å². The Morgan fingerprint density at radius 2 is 2.16 bits per heavy atom. The van der Waals surface area contributed by atoms with Crippen molar-refractivity contribution < 1.29 is 17.9 Å². The number of benzene rings is 1. The van der Waals surface area contributed by atoms with Crippen LogP contribution in [0.2, 0.25) is 0 Å². The number of morpholine rings is 1. The zero-order valence-corrected chi connectivity index (χ0v) is 15.1. The molecule has 7 nitrogen and oxygen atoms in total. The van der Waals surface area contributed by atoms with Crippen molar-refractivity contribution in [3.63, 3.8) is 0 Å². The van der Waals surface area contributed by atoms with Crippen molar-refractivity contribution in [2.24, 2.45) is 7.05 Å². The topological polar surface area (TPSA) is 73.7 Å². The highest BCUT2D eigenvalue weighted by Gasteiger charge is 2.33. The van der Waals surface area contributed by atoms with Gasteiger partial charge >= 0.3 is 0 Å². The van der Waals surface area contributed by atoms with Crippen LogP contribution in [0, 0.1) is 0 Å². The van der Waals surface area contributed by atoms with Crippen molar-refractivity contribution in [2.45, 2.75) is 30.4 Å². The predicted molar refractivity (Wildman–Crippen MR) is 90.9 cm³/mol. The molecule has 0 spiro atoms. The zero-order chi connectivity index (χ0) is 17.6. The van der Waals surface area contributed by atoms with Crippen LogP contribution in [-0.2, 0) is 28.2 Å². The molecular weight excluding hydrogens is 342 g/mol. The highest BCUT2D eigenvalue weighted by Crippen LogP contribution is 2.32. The van der Waals surface area contributed by atoms with Crippen LogP contribution in [0.4, 0.5) is 0 Å². The normalized spacial score (nSPS) is 24.1. The van der Waals surface area contributed by atoms with E-state index in [-0.39, 0.29) is 18.8 Å². The number of fused-ring (bicyclic) bond motifs is 1. The molecule has 0 aliphatic carbocycles. The lowest BCUT2D eigenvalue weighted by Crippen LogP contribution is -2.42. The first kappa shape index (κ1) is 16.6. The third kappa shape index (κ3) is 3.05. The van der Waals surface area contributed by atoms with Crippen LogP contribution in [0.25, 0.3) is 0 Å². The number of nitrogens with zero attached hydrogens (tertiary/aromatic N) is 3. The number of rotatable bonds is 3. The third-order valence-corrected chi connectivity index (χ3v) is 6.49. The first-order valence-corrected chi connectivity index (χ1v) is 9.77. The second-order valence-electron chi connectivity index (χ2n) is 6.57. The van der Waals surface area contributed by atoms with Crippen molar-refractivity contribution in [2.75, 3.05) is 19.7 Å². The van der Waals surface area contributed by atoms with E-state index >= 15 is 0 Å². The first-order valence-electron chi connectivity index (χ1n) is 8.33. The Balaban J connectivity index is 1.59. The van der Waals surface area contributed by atoms with Crippen molar-refractivity contribution in [3.8, 4) is 5.75 Å². The van der Waals surface area contributed by atoms with Crippen LogP contribution in [0.15, 0.2) is 35.5 Å². The number of sulfonamides is 1. The van der Waals surface area contributed by atoms with Gasteiger partial charge in [-0.2, -0.15) is 9.40 Å². The van der Waals surface area contributed by atoms with E-state index in [9.17, 15) is 8.42 Å². The second-order valence-corrected chi connectivity index (χ2v) is 8.51. The fourth-order valence-electron chi connectivity index (χ4n) is 3.36. The largest absolute Gasteiger partial charge is 0.490 e. The van der Waals surface area contributed by atoms with E-state index in [2.05, 4.69) is 5.10 Å². The molecule has 4 rings (SSSR count). The maximum Gasteiger partial charge on any atom is 0.243 e. The van der Waals surface area contributed by atoms with E-state index < -0.39 is 10.0 Å². The molecule has 2 atom stereocenters. The molecule has 1 aromatic heterocycles. The lowest BCUT2D eigenvalue weighted by atomic mass is 10.1. The van der Waals surface area contributed by atoms with E-state index in [1.54, 1.807) is 29.1 Å². The van der Waals surface area contributed by atoms with Gasteiger partial charge in [-0.3, -0.25) is 4.68 Å². The summed E-state index contributed by atoms with van der Waals surface area (Å²) in [6.07, 6.45) is 4.10. The molecule has 25 heavy (non-hydrogen) atoms. The fourth-order valence-corrected chi connectivity index (χ4v) is 4.84. The van der Waals surface area contributed by atoms with Crippen LogP contribution in [0.3, 0.4) is 0 Å². The molecule has 2 aromatic rings. The maximum atomic E-state index is 13.1. The Morgan fingerprint density at radius 1 is 1.32 bits per heavy atom. The van der Waals surface area contributed by atoms with E-state index in [1.165, 1.54) is 4.31 Å². The van der Waals surface area contributed by atoms with E-state index in [1.807, 2.05) is 20.2 Å². The Kier molecular flexibility index (Phi) is 4.05. The highest BCUT2D eigenvalue weighted by atomic mass is 32.2. The van der Waals surface area contributed by atoms with Crippen LogP contribution in [0.1, 0.15) is 24.2 Å². The summed E-state index contributed by atoms with van der Waals surface area (Å²) >= 11 is 0. The summed E-state index contributed by atoms with van der Waals surface area (Å²) in [7, 11) is -1.74. The number of aryl methyl sites for hydroxylation is 1. The molecule has 3 heterocycles. The first-order chi connectivity index (χ1) is 11.9. The second kappa shape index (κ2) is 6.12. The predicted octanol–water partition coefficient (Wildman–Crippen LogP) is 1.51. The van der Waals surface area contributed by atoms with Crippen LogP contribution in [0.5, 0.6) is 5.75 Å². The highest BCUT2D eigenvalue weighted by molar-refractivity contribution is 7.89. The molecule has 1 fully saturated rings. The summed E-state index contributed by atoms with van der Waals surface area (Å²) in [6, 6.07) is 5.12. The summed E-state index contributed by atoms with van der Waals surface area (Å²) in [4.78, 5) is 0.316. The Bertz CT molecular complexity index is 893. The number of hydrogen-bond donors (Lipinski definition) is 0. The average molecular weight is 363 g/mol. The minimum absolute atomic E-state index is 0.0892. The van der Waals surface area contributed by atoms with Gasteiger partial charge in [0.2, 0.25) is 10.0 Å². The molecule has 1 saturated heterocycles. The van der Waals surface area contributed by atoms with Crippen molar-refractivity contribution in [1.29, 1.82) is 0 Å². The summed E-state index contributed by atoms with van der Waals surface area (Å²) in [6.45, 7) is 2.99. The number of ether oxygens (including phenoxy) is 2. The van der Waals surface area contributed by atoms with Gasteiger partial charge in [-0.15, -0.1) is 0 Å².